The number of nitrogens with one attached hydrogen (secondary N) is 1. The highest BCUT2D eigenvalue weighted by Crippen LogP contribution is 2.17. The second-order valence-electron chi connectivity index (χ2n) is 5.25. The van der Waals surface area contributed by atoms with E-state index in [2.05, 4.69) is 29.4 Å². The predicted molar refractivity (Wildman–Crippen MR) is 75.3 cm³/mol. The summed E-state index contributed by atoms with van der Waals surface area (Å²) in [5, 5.41) is 12.3. The molecule has 7 heteroatoms. The summed E-state index contributed by atoms with van der Waals surface area (Å²) in [6.45, 7) is 8.29. The average Bonchev–Trinajstić information content (AvgIpc) is 2.85. The lowest BCUT2D eigenvalue weighted by atomic mass is 10.0. The number of rotatable bonds is 6. The van der Waals surface area contributed by atoms with Gasteiger partial charge < -0.3 is 9.64 Å². The van der Waals surface area contributed by atoms with E-state index in [1.165, 1.54) is 24.6 Å². The van der Waals surface area contributed by atoms with Crippen LogP contribution in [0.15, 0.2) is 0 Å². The van der Waals surface area contributed by atoms with Gasteiger partial charge >= 0.3 is 0 Å². The minimum absolute atomic E-state index is 0.382. The maximum absolute atomic E-state index is 5.13. The Balaban J connectivity index is 2.16. The molecule has 1 saturated heterocycles. The molecule has 2 rings (SSSR count). The molecule has 0 aliphatic carbocycles. The highest BCUT2D eigenvalue weighted by atomic mass is 32.2. The molecule has 19 heavy (non-hydrogen) atoms. The fourth-order valence-corrected chi connectivity index (χ4v) is 3.69. The molecule has 0 amide bonds. The summed E-state index contributed by atoms with van der Waals surface area (Å²) in [5.41, 5.74) is 0. The first-order valence-electron chi connectivity index (χ1n) is 6.91. The van der Waals surface area contributed by atoms with Crippen molar-refractivity contribution in [1.29, 1.82) is 0 Å². The number of nitrogens with zero attached hydrogens (tertiary/aromatic N) is 4. The Morgan fingerprint density at radius 1 is 1.37 bits per heavy atom. The van der Waals surface area contributed by atoms with Crippen LogP contribution in [-0.2, 0) is 11.3 Å². The second-order valence-corrected chi connectivity index (χ2v) is 6.47. The number of thioether (sulfide) groups is 1. The van der Waals surface area contributed by atoms with Crippen molar-refractivity contribution < 1.29 is 9.64 Å². The number of ether oxygens (including phenoxy) is 1. The van der Waals surface area contributed by atoms with Gasteiger partial charge in [-0.25, -0.2) is 4.68 Å². The third kappa shape index (κ3) is 3.67. The van der Waals surface area contributed by atoms with Crippen LogP contribution in [-0.4, -0.2) is 58.5 Å². The summed E-state index contributed by atoms with van der Waals surface area (Å²) in [6, 6.07) is 0.382. The Bertz CT molecular complexity index is 378. The van der Waals surface area contributed by atoms with E-state index in [4.69, 9.17) is 4.74 Å². The van der Waals surface area contributed by atoms with Gasteiger partial charge in [0.25, 0.3) is 0 Å². The van der Waals surface area contributed by atoms with E-state index < -0.39 is 0 Å². The maximum atomic E-state index is 5.13. The second kappa shape index (κ2) is 7.21. The third-order valence-corrected chi connectivity index (χ3v) is 4.57. The van der Waals surface area contributed by atoms with Crippen molar-refractivity contribution in [3.63, 3.8) is 0 Å². The normalized spacial score (nSPS) is 18.9. The van der Waals surface area contributed by atoms with Gasteiger partial charge in [0.05, 0.1) is 26.2 Å². The molecule has 1 aromatic heterocycles. The molecule has 0 spiro atoms. The monoisotopic (exact) mass is 286 g/mol. The van der Waals surface area contributed by atoms with Gasteiger partial charge in [-0.05, 0) is 10.4 Å². The van der Waals surface area contributed by atoms with Crippen LogP contribution in [0, 0.1) is 5.92 Å². The molecule has 0 unspecified atom stereocenters. The number of aromatic nitrogens is 4. The van der Waals surface area contributed by atoms with Crippen molar-refractivity contribution in [2.24, 2.45) is 5.92 Å². The Kier molecular flexibility index (Phi) is 5.59. The first kappa shape index (κ1) is 14.7. The summed E-state index contributed by atoms with van der Waals surface area (Å²) >= 11 is 2.04. The average molecular weight is 286 g/mol. The van der Waals surface area contributed by atoms with Gasteiger partial charge in [0.1, 0.15) is 0 Å². The van der Waals surface area contributed by atoms with Gasteiger partial charge in [-0.15, -0.1) is 5.10 Å². The molecule has 108 valence electrons. The zero-order chi connectivity index (χ0) is 13.7. The topological polar surface area (TPSA) is 57.3 Å². The molecule has 1 aliphatic rings. The summed E-state index contributed by atoms with van der Waals surface area (Å²) in [5.74, 6) is 4.01. The minimum Gasteiger partial charge on any atom is -0.383 e. The van der Waals surface area contributed by atoms with Crippen molar-refractivity contribution in [3.8, 4) is 0 Å². The van der Waals surface area contributed by atoms with Crippen LogP contribution in [0.1, 0.15) is 25.7 Å². The number of tetrazole rings is 1. The molecule has 1 atom stereocenters. The lowest BCUT2D eigenvalue weighted by molar-refractivity contribution is -0.933. The fourth-order valence-electron chi connectivity index (χ4n) is 2.67. The summed E-state index contributed by atoms with van der Waals surface area (Å²) in [6.07, 6.45) is 0. The lowest BCUT2D eigenvalue weighted by Gasteiger charge is -2.32. The Morgan fingerprint density at radius 2 is 2.11 bits per heavy atom. The zero-order valence-electron chi connectivity index (χ0n) is 12.0. The van der Waals surface area contributed by atoms with Gasteiger partial charge in [-0.1, -0.05) is 13.8 Å². The molecule has 1 aromatic rings. The highest BCUT2D eigenvalue weighted by Gasteiger charge is 2.33. The molecular weight excluding hydrogens is 262 g/mol. The van der Waals surface area contributed by atoms with Crippen LogP contribution in [0.2, 0.25) is 0 Å². The molecular formula is C12H24N5OS+. The Hall–Kier alpha value is -0.660. The van der Waals surface area contributed by atoms with E-state index in [1.54, 1.807) is 12.0 Å². The van der Waals surface area contributed by atoms with E-state index in [9.17, 15) is 0 Å². The van der Waals surface area contributed by atoms with Gasteiger partial charge in [-0.3, -0.25) is 0 Å². The first-order valence-corrected chi connectivity index (χ1v) is 8.06. The van der Waals surface area contributed by atoms with Crippen molar-refractivity contribution in [3.05, 3.63) is 5.82 Å². The zero-order valence-corrected chi connectivity index (χ0v) is 12.8. The Labute approximate surface area is 118 Å². The van der Waals surface area contributed by atoms with E-state index in [0.29, 0.717) is 18.6 Å². The smallest absolute Gasteiger partial charge is 0.209 e. The SMILES string of the molecule is COCCn1nnnc1[C@H](C(C)C)[NH+]1CCSCC1. The summed E-state index contributed by atoms with van der Waals surface area (Å²) < 4.78 is 7.03. The van der Waals surface area contributed by atoms with Crippen LogP contribution >= 0.6 is 11.8 Å². The molecule has 2 heterocycles. The van der Waals surface area contributed by atoms with E-state index in [0.717, 1.165) is 12.4 Å². The van der Waals surface area contributed by atoms with Gasteiger partial charge in [-0.2, -0.15) is 11.8 Å². The first-order chi connectivity index (χ1) is 9.24. The highest BCUT2D eigenvalue weighted by molar-refractivity contribution is 7.99. The number of hydrogen-bond acceptors (Lipinski definition) is 5. The minimum atomic E-state index is 0.382. The lowest BCUT2D eigenvalue weighted by Crippen LogP contribution is -3.14. The summed E-state index contributed by atoms with van der Waals surface area (Å²) in [4.78, 5) is 1.61. The van der Waals surface area contributed by atoms with Crippen LogP contribution in [0.3, 0.4) is 0 Å². The largest absolute Gasteiger partial charge is 0.383 e. The van der Waals surface area contributed by atoms with Crippen LogP contribution in [0.5, 0.6) is 0 Å². The molecule has 0 bridgehead atoms. The van der Waals surface area contributed by atoms with Crippen LogP contribution < -0.4 is 4.90 Å². The molecule has 1 N–H and O–H groups in total. The Morgan fingerprint density at radius 3 is 2.74 bits per heavy atom. The van der Waals surface area contributed by atoms with Crippen LogP contribution in [0.4, 0.5) is 0 Å². The summed E-state index contributed by atoms with van der Waals surface area (Å²) in [7, 11) is 1.71. The third-order valence-electron chi connectivity index (χ3n) is 3.59. The number of quaternary nitrogens is 1. The molecule has 1 aliphatic heterocycles. The quantitative estimate of drug-likeness (QED) is 0.774. The fraction of sp³-hybridized carbons (Fsp3) is 0.917. The van der Waals surface area contributed by atoms with Gasteiger partial charge in [0.2, 0.25) is 5.82 Å². The molecule has 1 fully saturated rings. The standard InChI is InChI=1S/C12H23N5OS/c1-10(2)11(16-5-8-19-9-6-16)12-13-14-15-17(12)4-7-18-3/h10-11H,4-9H2,1-3H3/p+1/t11-/m0/s1. The van der Waals surface area contributed by atoms with E-state index in [1.807, 2.05) is 16.4 Å². The van der Waals surface area contributed by atoms with Crippen molar-refractivity contribution >= 4 is 11.8 Å². The molecule has 0 aromatic carbocycles. The van der Waals surface area contributed by atoms with Gasteiger partial charge in [0.15, 0.2) is 6.04 Å². The molecule has 0 radical (unpaired) electrons. The number of hydrogen-bond donors (Lipinski definition) is 1. The van der Waals surface area contributed by atoms with Crippen molar-refractivity contribution in [1.82, 2.24) is 20.2 Å². The van der Waals surface area contributed by atoms with Gasteiger partial charge in [0, 0.05) is 24.5 Å². The molecule has 0 saturated carbocycles. The maximum Gasteiger partial charge on any atom is 0.209 e. The number of methoxy groups -OCH3 is 1. The molecule has 6 nitrogen and oxygen atoms in total. The van der Waals surface area contributed by atoms with E-state index in [-0.39, 0.29) is 0 Å². The van der Waals surface area contributed by atoms with Crippen molar-refractivity contribution in [2.75, 3.05) is 38.3 Å². The predicted octanol–water partition coefficient (Wildman–Crippen LogP) is -0.352. The van der Waals surface area contributed by atoms with E-state index >= 15 is 0 Å². The van der Waals surface area contributed by atoms with Crippen molar-refractivity contribution in [2.45, 2.75) is 26.4 Å². The van der Waals surface area contributed by atoms with Crippen LogP contribution in [0.25, 0.3) is 0 Å².